The van der Waals surface area contributed by atoms with Gasteiger partial charge in [0.1, 0.15) is 5.75 Å². The number of aryl methyl sites for hydroxylation is 2. The average molecular weight is 264 g/mol. The lowest BCUT2D eigenvalue weighted by atomic mass is 9.95. The lowest BCUT2D eigenvalue weighted by Crippen LogP contribution is -2.23. The van der Waals surface area contributed by atoms with Crippen molar-refractivity contribution in [2.75, 3.05) is 19.7 Å². The first-order valence-electron chi connectivity index (χ1n) is 7.39. The molecule has 0 bridgehead atoms. The van der Waals surface area contributed by atoms with Gasteiger partial charge in [-0.3, -0.25) is 0 Å². The largest absolute Gasteiger partial charge is 0.494 e. The maximum absolute atomic E-state index is 5.70. The van der Waals surface area contributed by atoms with Gasteiger partial charge in [0, 0.05) is 0 Å². The standard InChI is InChI=1S/C16H28N2O/c1-3-9-19-16-8-7-15(14(4-2)10-16)6-5-13(11-17)12-18/h7-8,10,13H,3-6,9,11-12,17-18H2,1-2H3. The van der Waals surface area contributed by atoms with Gasteiger partial charge in [-0.15, -0.1) is 0 Å². The highest BCUT2D eigenvalue weighted by Crippen LogP contribution is 2.21. The topological polar surface area (TPSA) is 61.3 Å². The Morgan fingerprint density at radius 2 is 1.84 bits per heavy atom. The number of nitrogens with two attached hydrogens (primary N) is 2. The zero-order valence-electron chi connectivity index (χ0n) is 12.3. The summed E-state index contributed by atoms with van der Waals surface area (Å²) in [6, 6.07) is 6.43. The molecular weight excluding hydrogens is 236 g/mol. The Morgan fingerprint density at radius 3 is 2.42 bits per heavy atom. The van der Waals surface area contributed by atoms with Gasteiger partial charge in [-0.1, -0.05) is 19.9 Å². The third-order valence-electron chi connectivity index (χ3n) is 3.52. The molecule has 0 aliphatic heterocycles. The van der Waals surface area contributed by atoms with Crippen molar-refractivity contribution < 1.29 is 4.74 Å². The van der Waals surface area contributed by atoms with Crippen molar-refractivity contribution in [2.45, 2.75) is 39.5 Å². The average Bonchev–Trinajstić information content (AvgIpc) is 2.46. The molecule has 0 unspecified atom stereocenters. The van der Waals surface area contributed by atoms with Crippen LogP contribution in [0.5, 0.6) is 5.75 Å². The summed E-state index contributed by atoms with van der Waals surface area (Å²) in [5.74, 6) is 1.41. The van der Waals surface area contributed by atoms with Gasteiger partial charge in [0.2, 0.25) is 0 Å². The van der Waals surface area contributed by atoms with Crippen LogP contribution in [0.25, 0.3) is 0 Å². The summed E-state index contributed by atoms with van der Waals surface area (Å²) in [6.45, 7) is 6.44. The van der Waals surface area contributed by atoms with Crippen molar-refractivity contribution in [3.63, 3.8) is 0 Å². The van der Waals surface area contributed by atoms with Crippen molar-refractivity contribution >= 4 is 0 Å². The minimum atomic E-state index is 0.431. The van der Waals surface area contributed by atoms with Gasteiger partial charge < -0.3 is 16.2 Å². The highest BCUT2D eigenvalue weighted by Gasteiger charge is 2.08. The molecule has 3 nitrogen and oxygen atoms in total. The molecule has 0 radical (unpaired) electrons. The van der Waals surface area contributed by atoms with Gasteiger partial charge in [-0.05, 0) is 68.0 Å². The fourth-order valence-electron chi connectivity index (χ4n) is 2.18. The highest BCUT2D eigenvalue weighted by atomic mass is 16.5. The van der Waals surface area contributed by atoms with Crippen molar-refractivity contribution in [3.05, 3.63) is 29.3 Å². The molecule has 0 saturated carbocycles. The number of ether oxygens (including phenoxy) is 1. The zero-order valence-corrected chi connectivity index (χ0v) is 12.3. The predicted molar refractivity (Wildman–Crippen MR) is 81.5 cm³/mol. The minimum absolute atomic E-state index is 0.431. The Balaban J connectivity index is 2.67. The third-order valence-corrected chi connectivity index (χ3v) is 3.52. The van der Waals surface area contributed by atoms with E-state index in [2.05, 4.69) is 32.0 Å². The number of benzene rings is 1. The lowest BCUT2D eigenvalue weighted by Gasteiger charge is -2.15. The number of hydrogen-bond donors (Lipinski definition) is 2. The first kappa shape index (κ1) is 16.0. The number of hydrogen-bond acceptors (Lipinski definition) is 3. The van der Waals surface area contributed by atoms with E-state index < -0.39 is 0 Å². The van der Waals surface area contributed by atoms with E-state index in [0.29, 0.717) is 19.0 Å². The van der Waals surface area contributed by atoms with Crippen molar-refractivity contribution in [1.29, 1.82) is 0 Å². The fourth-order valence-corrected chi connectivity index (χ4v) is 2.18. The van der Waals surface area contributed by atoms with E-state index in [9.17, 15) is 0 Å². The molecule has 0 aliphatic rings. The summed E-state index contributed by atoms with van der Waals surface area (Å²) in [6.07, 6.45) is 4.19. The molecule has 0 amide bonds. The van der Waals surface area contributed by atoms with Crippen LogP contribution < -0.4 is 16.2 Å². The summed E-state index contributed by atoms with van der Waals surface area (Å²) in [7, 11) is 0. The summed E-state index contributed by atoms with van der Waals surface area (Å²) in [5, 5.41) is 0. The molecule has 1 aromatic rings. The molecule has 0 heterocycles. The van der Waals surface area contributed by atoms with Gasteiger partial charge in [-0.25, -0.2) is 0 Å². The molecule has 1 aromatic carbocycles. The van der Waals surface area contributed by atoms with E-state index >= 15 is 0 Å². The second kappa shape index (κ2) is 8.94. The zero-order chi connectivity index (χ0) is 14.1. The Kier molecular flexibility index (Phi) is 7.53. The highest BCUT2D eigenvalue weighted by molar-refractivity contribution is 5.36. The van der Waals surface area contributed by atoms with Gasteiger partial charge in [0.25, 0.3) is 0 Å². The summed E-state index contributed by atoms with van der Waals surface area (Å²) in [5.41, 5.74) is 14.2. The maximum Gasteiger partial charge on any atom is 0.119 e. The molecular formula is C16H28N2O. The third kappa shape index (κ3) is 5.21. The normalized spacial score (nSPS) is 11.0. The molecule has 3 heteroatoms. The number of rotatable bonds is 9. The van der Waals surface area contributed by atoms with Crippen LogP contribution in [-0.4, -0.2) is 19.7 Å². The Bertz CT molecular complexity index is 362. The summed E-state index contributed by atoms with van der Waals surface area (Å²) < 4.78 is 5.68. The molecule has 0 atom stereocenters. The van der Waals surface area contributed by atoms with Crippen LogP contribution in [0.1, 0.15) is 37.8 Å². The summed E-state index contributed by atoms with van der Waals surface area (Å²) >= 11 is 0. The Labute approximate surface area is 117 Å². The second-order valence-electron chi connectivity index (χ2n) is 5.01. The lowest BCUT2D eigenvalue weighted by molar-refractivity contribution is 0.317. The van der Waals surface area contributed by atoms with E-state index in [0.717, 1.165) is 38.0 Å². The van der Waals surface area contributed by atoms with Crippen LogP contribution in [0.3, 0.4) is 0 Å². The van der Waals surface area contributed by atoms with Crippen LogP contribution >= 0.6 is 0 Å². The molecule has 19 heavy (non-hydrogen) atoms. The molecule has 108 valence electrons. The van der Waals surface area contributed by atoms with Crippen LogP contribution in [0, 0.1) is 5.92 Å². The van der Waals surface area contributed by atoms with Gasteiger partial charge in [-0.2, -0.15) is 0 Å². The Morgan fingerprint density at radius 1 is 1.11 bits per heavy atom. The van der Waals surface area contributed by atoms with E-state index in [1.807, 2.05) is 0 Å². The molecule has 0 aromatic heterocycles. The van der Waals surface area contributed by atoms with E-state index in [-0.39, 0.29) is 0 Å². The first-order valence-corrected chi connectivity index (χ1v) is 7.39. The van der Waals surface area contributed by atoms with Crippen LogP contribution in [0.15, 0.2) is 18.2 Å². The molecule has 1 rings (SSSR count). The molecule has 0 aliphatic carbocycles. The van der Waals surface area contributed by atoms with Crippen LogP contribution in [0.2, 0.25) is 0 Å². The molecule has 4 N–H and O–H groups in total. The van der Waals surface area contributed by atoms with Gasteiger partial charge in [0.15, 0.2) is 0 Å². The quantitative estimate of drug-likeness (QED) is 0.720. The molecule has 0 fully saturated rings. The maximum atomic E-state index is 5.70. The minimum Gasteiger partial charge on any atom is -0.494 e. The first-order chi connectivity index (χ1) is 9.24. The van der Waals surface area contributed by atoms with Crippen molar-refractivity contribution in [3.8, 4) is 5.75 Å². The second-order valence-corrected chi connectivity index (χ2v) is 5.01. The van der Waals surface area contributed by atoms with Gasteiger partial charge in [0.05, 0.1) is 6.61 Å². The smallest absolute Gasteiger partial charge is 0.119 e. The van der Waals surface area contributed by atoms with Crippen LogP contribution in [-0.2, 0) is 12.8 Å². The van der Waals surface area contributed by atoms with Crippen molar-refractivity contribution in [2.24, 2.45) is 17.4 Å². The van der Waals surface area contributed by atoms with E-state index in [1.54, 1.807) is 0 Å². The van der Waals surface area contributed by atoms with Gasteiger partial charge >= 0.3 is 0 Å². The Hall–Kier alpha value is -1.06. The fraction of sp³-hybridized carbons (Fsp3) is 0.625. The van der Waals surface area contributed by atoms with E-state index in [1.165, 1.54) is 11.1 Å². The summed E-state index contributed by atoms with van der Waals surface area (Å²) in [4.78, 5) is 0. The molecule has 0 spiro atoms. The predicted octanol–water partition coefficient (Wildman–Crippen LogP) is 2.50. The SMILES string of the molecule is CCCOc1ccc(CCC(CN)CN)c(CC)c1. The van der Waals surface area contributed by atoms with Crippen LogP contribution in [0.4, 0.5) is 0 Å². The van der Waals surface area contributed by atoms with E-state index in [4.69, 9.17) is 16.2 Å². The monoisotopic (exact) mass is 264 g/mol. The molecule has 0 saturated heterocycles. The van der Waals surface area contributed by atoms with Crippen molar-refractivity contribution in [1.82, 2.24) is 0 Å².